The summed E-state index contributed by atoms with van der Waals surface area (Å²) in [6.07, 6.45) is 7.73. The third kappa shape index (κ3) is 4.12. The number of aryl methyl sites for hydroxylation is 1. The van der Waals surface area contributed by atoms with Crippen LogP contribution in [0, 0.1) is 0 Å². The molecule has 0 heterocycles. The summed E-state index contributed by atoms with van der Waals surface area (Å²) in [7, 11) is 3.16. The number of rotatable bonds is 8. The van der Waals surface area contributed by atoms with E-state index in [-0.39, 0.29) is 5.78 Å². The SMILES string of the molecule is C/C=C/C(=O)c1c(OC)cc(CCCCC)cc1OC. The monoisotopic (exact) mass is 276 g/mol. The van der Waals surface area contributed by atoms with E-state index in [1.54, 1.807) is 20.3 Å². The Morgan fingerprint density at radius 3 is 2.20 bits per heavy atom. The van der Waals surface area contributed by atoms with Crippen LogP contribution in [0.25, 0.3) is 0 Å². The predicted octanol–water partition coefficient (Wildman–Crippen LogP) is 4.20. The molecule has 0 fully saturated rings. The first-order valence-corrected chi connectivity index (χ1v) is 7.09. The number of carbonyl (C=O) groups excluding carboxylic acids is 1. The average molecular weight is 276 g/mol. The van der Waals surface area contributed by atoms with Crippen LogP contribution in [0.3, 0.4) is 0 Å². The lowest BCUT2D eigenvalue weighted by atomic mass is 10.0. The molecule has 0 unspecified atom stereocenters. The molecule has 0 N–H and O–H groups in total. The maximum atomic E-state index is 12.1. The molecule has 0 amide bonds. The van der Waals surface area contributed by atoms with Gasteiger partial charge in [-0.1, -0.05) is 25.8 Å². The van der Waals surface area contributed by atoms with Gasteiger partial charge in [-0.15, -0.1) is 0 Å². The minimum Gasteiger partial charge on any atom is -0.496 e. The Morgan fingerprint density at radius 1 is 1.15 bits per heavy atom. The summed E-state index contributed by atoms with van der Waals surface area (Å²) in [6, 6.07) is 3.88. The van der Waals surface area contributed by atoms with Crippen LogP contribution in [-0.4, -0.2) is 20.0 Å². The van der Waals surface area contributed by atoms with Gasteiger partial charge in [0.2, 0.25) is 0 Å². The number of benzene rings is 1. The Labute approximate surface area is 121 Å². The van der Waals surface area contributed by atoms with Crippen LogP contribution in [-0.2, 0) is 6.42 Å². The van der Waals surface area contributed by atoms with Gasteiger partial charge in [0.1, 0.15) is 17.1 Å². The summed E-state index contributed by atoms with van der Waals surface area (Å²) < 4.78 is 10.7. The van der Waals surface area contributed by atoms with Crippen molar-refractivity contribution in [1.29, 1.82) is 0 Å². The zero-order valence-electron chi connectivity index (χ0n) is 12.9. The maximum absolute atomic E-state index is 12.1. The lowest BCUT2D eigenvalue weighted by molar-refractivity contribution is 0.104. The van der Waals surface area contributed by atoms with E-state index in [9.17, 15) is 4.79 Å². The van der Waals surface area contributed by atoms with Gasteiger partial charge in [-0.25, -0.2) is 0 Å². The molecular weight excluding hydrogens is 252 g/mol. The standard InChI is InChI=1S/C17H24O3/c1-5-7-8-10-13-11-15(19-3)17(14(18)9-6-2)16(12-13)20-4/h6,9,11-12H,5,7-8,10H2,1-4H3/b9-6+. The first-order valence-electron chi connectivity index (χ1n) is 7.09. The number of ether oxygens (including phenoxy) is 2. The van der Waals surface area contributed by atoms with Crippen LogP contribution in [0.5, 0.6) is 11.5 Å². The number of allylic oxidation sites excluding steroid dienone is 2. The molecule has 20 heavy (non-hydrogen) atoms. The van der Waals surface area contributed by atoms with E-state index in [2.05, 4.69) is 6.92 Å². The van der Waals surface area contributed by atoms with Crippen molar-refractivity contribution in [2.75, 3.05) is 14.2 Å². The summed E-state index contributed by atoms with van der Waals surface area (Å²) in [5.41, 5.74) is 1.64. The second kappa shape index (κ2) is 8.41. The highest BCUT2D eigenvalue weighted by atomic mass is 16.5. The van der Waals surface area contributed by atoms with Gasteiger partial charge in [-0.3, -0.25) is 4.79 Å². The Kier molecular flexibility index (Phi) is 6.85. The molecule has 0 aliphatic heterocycles. The van der Waals surface area contributed by atoms with Crippen LogP contribution in [0.4, 0.5) is 0 Å². The molecule has 0 aliphatic carbocycles. The molecule has 0 bridgehead atoms. The smallest absolute Gasteiger partial charge is 0.192 e. The molecule has 110 valence electrons. The molecule has 0 saturated carbocycles. The number of hydrogen-bond donors (Lipinski definition) is 0. The van der Waals surface area contributed by atoms with Gasteiger partial charge < -0.3 is 9.47 Å². The fraction of sp³-hybridized carbons (Fsp3) is 0.471. The zero-order chi connectivity index (χ0) is 15.0. The van der Waals surface area contributed by atoms with E-state index < -0.39 is 0 Å². The molecule has 0 atom stereocenters. The van der Waals surface area contributed by atoms with Crippen LogP contribution in [0.2, 0.25) is 0 Å². The van der Waals surface area contributed by atoms with Crippen molar-refractivity contribution >= 4 is 5.78 Å². The van der Waals surface area contributed by atoms with Gasteiger partial charge >= 0.3 is 0 Å². The Bertz CT molecular complexity index is 450. The molecule has 1 aromatic carbocycles. The molecule has 0 aromatic heterocycles. The predicted molar refractivity (Wildman–Crippen MR) is 81.9 cm³/mol. The number of hydrogen-bond acceptors (Lipinski definition) is 3. The molecular formula is C17H24O3. The van der Waals surface area contributed by atoms with Crippen LogP contribution >= 0.6 is 0 Å². The van der Waals surface area contributed by atoms with Crippen LogP contribution in [0.1, 0.15) is 49.0 Å². The van der Waals surface area contributed by atoms with Crippen molar-refractivity contribution in [1.82, 2.24) is 0 Å². The lowest BCUT2D eigenvalue weighted by Crippen LogP contribution is -2.04. The highest BCUT2D eigenvalue weighted by molar-refractivity contribution is 6.08. The summed E-state index contributed by atoms with van der Waals surface area (Å²) in [5.74, 6) is 1.07. The lowest BCUT2D eigenvalue weighted by Gasteiger charge is -2.13. The average Bonchev–Trinajstić information content (AvgIpc) is 2.46. The second-order valence-electron chi connectivity index (χ2n) is 4.70. The molecule has 0 saturated heterocycles. The van der Waals surface area contributed by atoms with Gasteiger partial charge in [-0.05, 0) is 43.5 Å². The number of unbranched alkanes of at least 4 members (excludes halogenated alkanes) is 2. The highest BCUT2D eigenvalue weighted by Crippen LogP contribution is 2.32. The van der Waals surface area contributed by atoms with E-state index in [1.807, 2.05) is 19.1 Å². The van der Waals surface area contributed by atoms with Gasteiger partial charge in [0, 0.05) is 0 Å². The van der Waals surface area contributed by atoms with E-state index in [0.717, 1.165) is 18.4 Å². The number of methoxy groups -OCH3 is 2. The fourth-order valence-corrected chi connectivity index (χ4v) is 2.17. The van der Waals surface area contributed by atoms with Crippen molar-refractivity contribution in [3.05, 3.63) is 35.4 Å². The first kappa shape index (κ1) is 16.3. The summed E-state index contributed by atoms with van der Waals surface area (Å²) >= 11 is 0. The minimum absolute atomic E-state index is 0.0960. The van der Waals surface area contributed by atoms with E-state index in [1.165, 1.54) is 18.9 Å². The first-order chi connectivity index (χ1) is 9.67. The zero-order valence-corrected chi connectivity index (χ0v) is 12.9. The van der Waals surface area contributed by atoms with E-state index >= 15 is 0 Å². The minimum atomic E-state index is -0.0960. The Hall–Kier alpha value is -1.77. The van der Waals surface area contributed by atoms with Crippen molar-refractivity contribution in [3.8, 4) is 11.5 Å². The van der Waals surface area contributed by atoms with Gasteiger partial charge in [0.15, 0.2) is 5.78 Å². The second-order valence-corrected chi connectivity index (χ2v) is 4.70. The molecule has 0 spiro atoms. The van der Waals surface area contributed by atoms with Crippen molar-refractivity contribution in [2.24, 2.45) is 0 Å². The number of ketones is 1. The summed E-state index contributed by atoms with van der Waals surface area (Å²) in [4.78, 5) is 12.1. The third-order valence-electron chi connectivity index (χ3n) is 3.20. The highest BCUT2D eigenvalue weighted by Gasteiger charge is 2.17. The molecule has 3 nitrogen and oxygen atoms in total. The molecule has 0 radical (unpaired) electrons. The van der Waals surface area contributed by atoms with Crippen LogP contribution < -0.4 is 9.47 Å². The van der Waals surface area contributed by atoms with Gasteiger partial charge in [0.25, 0.3) is 0 Å². The van der Waals surface area contributed by atoms with E-state index in [0.29, 0.717) is 17.1 Å². The normalized spacial score (nSPS) is 10.8. The summed E-state index contributed by atoms with van der Waals surface area (Å²) in [5, 5.41) is 0. The Morgan fingerprint density at radius 2 is 1.75 bits per heavy atom. The maximum Gasteiger partial charge on any atom is 0.192 e. The van der Waals surface area contributed by atoms with Crippen molar-refractivity contribution < 1.29 is 14.3 Å². The molecule has 3 heteroatoms. The van der Waals surface area contributed by atoms with Crippen molar-refractivity contribution in [2.45, 2.75) is 39.5 Å². The van der Waals surface area contributed by atoms with Gasteiger partial charge in [-0.2, -0.15) is 0 Å². The van der Waals surface area contributed by atoms with Gasteiger partial charge in [0.05, 0.1) is 14.2 Å². The topological polar surface area (TPSA) is 35.5 Å². The molecule has 0 aliphatic rings. The molecule has 1 rings (SSSR count). The van der Waals surface area contributed by atoms with E-state index in [4.69, 9.17) is 9.47 Å². The largest absolute Gasteiger partial charge is 0.496 e. The van der Waals surface area contributed by atoms with Crippen LogP contribution in [0.15, 0.2) is 24.3 Å². The van der Waals surface area contributed by atoms with Crippen molar-refractivity contribution in [3.63, 3.8) is 0 Å². The molecule has 1 aromatic rings. The summed E-state index contributed by atoms with van der Waals surface area (Å²) in [6.45, 7) is 4.00. The quantitative estimate of drug-likeness (QED) is 0.405. The fourth-order valence-electron chi connectivity index (χ4n) is 2.17. The number of carbonyl (C=O) groups is 1. The Balaban J connectivity index is 3.14. The third-order valence-corrected chi connectivity index (χ3v) is 3.20.